The van der Waals surface area contributed by atoms with Gasteiger partial charge in [0.2, 0.25) is 0 Å². The molecule has 2 rings (SSSR count). The van der Waals surface area contributed by atoms with E-state index in [4.69, 9.17) is 9.47 Å². The molecule has 0 spiro atoms. The van der Waals surface area contributed by atoms with Gasteiger partial charge < -0.3 is 24.6 Å². The van der Waals surface area contributed by atoms with Gasteiger partial charge in [-0.15, -0.1) is 0 Å². The van der Waals surface area contributed by atoms with Crippen LogP contribution in [0.3, 0.4) is 0 Å². The number of phenols is 1. The fraction of sp³-hybridized carbons (Fsp3) is 0.474. The van der Waals surface area contributed by atoms with E-state index in [1.807, 2.05) is 13.8 Å². The molecule has 0 saturated carbocycles. The summed E-state index contributed by atoms with van der Waals surface area (Å²) in [5.74, 6) is -1.30. The minimum absolute atomic E-state index is 0.00511. The second-order valence-electron chi connectivity index (χ2n) is 6.29. The van der Waals surface area contributed by atoms with Gasteiger partial charge >= 0.3 is 0 Å². The molecule has 0 aromatic heterocycles. The summed E-state index contributed by atoms with van der Waals surface area (Å²) in [7, 11) is 1.43. The van der Waals surface area contributed by atoms with Crippen LogP contribution in [0, 0.1) is 0 Å². The molecular weight excluding hydrogens is 338 g/mol. The molecular formula is C19H25NO6. The van der Waals surface area contributed by atoms with Gasteiger partial charge in [0.15, 0.2) is 23.0 Å². The Hall–Kier alpha value is -2.54. The first-order valence-electron chi connectivity index (χ1n) is 8.57. The second-order valence-corrected chi connectivity index (χ2v) is 6.29. The molecule has 1 heterocycles. The lowest BCUT2D eigenvalue weighted by atomic mass is 9.95. The van der Waals surface area contributed by atoms with E-state index in [0.717, 1.165) is 0 Å². The highest BCUT2D eigenvalue weighted by atomic mass is 16.5. The van der Waals surface area contributed by atoms with Crippen molar-refractivity contribution < 1.29 is 29.3 Å². The summed E-state index contributed by atoms with van der Waals surface area (Å²) < 4.78 is 10.5. The molecule has 1 aliphatic heterocycles. The number of Topliss-reactive ketones (excluding diaryl/α,β-unsaturated/α-hetero) is 1. The van der Waals surface area contributed by atoms with Crippen molar-refractivity contribution in [2.24, 2.45) is 0 Å². The van der Waals surface area contributed by atoms with Gasteiger partial charge in [-0.25, -0.2) is 0 Å². The van der Waals surface area contributed by atoms with Gasteiger partial charge in [0, 0.05) is 13.0 Å². The van der Waals surface area contributed by atoms with Gasteiger partial charge in [0.05, 0.1) is 31.4 Å². The first-order valence-corrected chi connectivity index (χ1v) is 8.57. The van der Waals surface area contributed by atoms with Gasteiger partial charge in [-0.3, -0.25) is 9.59 Å². The molecule has 142 valence electrons. The molecule has 26 heavy (non-hydrogen) atoms. The highest BCUT2D eigenvalue weighted by Gasteiger charge is 2.42. The molecule has 0 radical (unpaired) electrons. The Morgan fingerprint density at radius 3 is 2.54 bits per heavy atom. The number of nitrogens with zero attached hydrogens (tertiary/aromatic N) is 1. The van der Waals surface area contributed by atoms with E-state index < -0.39 is 17.7 Å². The Morgan fingerprint density at radius 2 is 2.00 bits per heavy atom. The van der Waals surface area contributed by atoms with Crippen molar-refractivity contribution in [3.05, 3.63) is 35.1 Å². The normalized spacial score (nSPS) is 17.3. The summed E-state index contributed by atoms with van der Waals surface area (Å²) in [5.41, 5.74) is 0.564. The maximum absolute atomic E-state index is 12.5. The highest BCUT2D eigenvalue weighted by Crippen LogP contribution is 2.40. The van der Waals surface area contributed by atoms with E-state index in [9.17, 15) is 19.8 Å². The van der Waals surface area contributed by atoms with Crippen LogP contribution in [0.15, 0.2) is 29.5 Å². The van der Waals surface area contributed by atoms with Crippen LogP contribution in [0.2, 0.25) is 0 Å². The standard InChI is InChI=1S/C19H25NO6/c1-5-13(21)16-17(12-6-7-15(25-4)14(22)10-12)20(19(24)18(16)23)8-9-26-11(2)3/h6-7,10-11,17,22-23H,5,8-9H2,1-4H3. The zero-order valence-corrected chi connectivity index (χ0v) is 15.5. The van der Waals surface area contributed by atoms with E-state index in [1.54, 1.807) is 19.1 Å². The zero-order chi connectivity index (χ0) is 19.4. The van der Waals surface area contributed by atoms with E-state index >= 15 is 0 Å². The molecule has 2 N–H and O–H groups in total. The highest BCUT2D eigenvalue weighted by molar-refractivity contribution is 6.08. The van der Waals surface area contributed by atoms with E-state index in [-0.39, 0.29) is 48.5 Å². The van der Waals surface area contributed by atoms with E-state index in [1.165, 1.54) is 18.1 Å². The molecule has 0 saturated heterocycles. The van der Waals surface area contributed by atoms with Crippen LogP contribution in [0.5, 0.6) is 11.5 Å². The number of ether oxygens (including phenoxy) is 2. The lowest BCUT2D eigenvalue weighted by Gasteiger charge is -2.27. The number of aliphatic hydroxyl groups excluding tert-OH is 1. The largest absolute Gasteiger partial charge is 0.504 e. The van der Waals surface area contributed by atoms with Gasteiger partial charge in [-0.05, 0) is 31.5 Å². The monoisotopic (exact) mass is 363 g/mol. The Balaban J connectivity index is 2.43. The number of benzene rings is 1. The Bertz CT molecular complexity index is 725. The quantitative estimate of drug-likeness (QED) is 0.737. The molecule has 1 aliphatic rings. The lowest BCUT2D eigenvalue weighted by Crippen LogP contribution is -2.34. The molecule has 1 aromatic carbocycles. The number of hydrogen-bond acceptors (Lipinski definition) is 6. The molecule has 7 nitrogen and oxygen atoms in total. The van der Waals surface area contributed by atoms with Gasteiger partial charge in [0.1, 0.15) is 0 Å². The van der Waals surface area contributed by atoms with Crippen LogP contribution in [-0.4, -0.2) is 53.2 Å². The molecule has 1 atom stereocenters. The molecule has 1 amide bonds. The number of ketones is 1. The van der Waals surface area contributed by atoms with Crippen molar-refractivity contribution in [2.45, 2.75) is 39.3 Å². The average Bonchev–Trinajstić information content (AvgIpc) is 2.85. The summed E-state index contributed by atoms with van der Waals surface area (Å²) in [6.07, 6.45) is 0.149. The van der Waals surface area contributed by atoms with Crippen molar-refractivity contribution in [2.75, 3.05) is 20.3 Å². The van der Waals surface area contributed by atoms with Crippen LogP contribution in [0.25, 0.3) is 0 Å². The third-order valence-corrected chi connectivity index (χ3v) is 4.23. The van der Waals surface area contributed by atoms with Crippen molar-refractivity contribution in [1.82, 2.24) is 4.90 Å². The Morgan fingerprint density at radius 1 is 1.31 bits per heavy atom. The summed E-state index contributed by atoms with van der Waals surface area (Å²) >= 11 is 0. The number of carbonyl (C=O) groups is 2. The summed E-state index contributed by atoms with van der Waals surface area (Å²) in [6.45, 7) is 5.90. The first-order chi connectivity index (χ1) is 12.3. The summed E-state index contributed by atoms with van der Waals surface area (Å²) in [5, 5.41) is 20.4. The van der Waals surface area contributed by atoms with E-state index in [0.29, 0.717) is 5.56 Å². The maximum Gasteiger partial charge on any atom is 0.290 e. The van der Waals surface area contributed by atoms with Crippen LogP contribution < -0.4 is 4.74 Å². The van der Waals surface area contributed by atoms with Gasteiger partial charge in [0.25, 0.3) is 5.91 Å². The molecule has 7 heteroatoms. The Kier molecular flexibility index (Phi) is 6.26. The molecule has 1 unspecified atom stereocenters. The number of hydrogen-bond donors (Lipinski definition) is 2. The topological polar surface area (TPSA) is 96.3 Å². The average molecular weight is 363 g/mol. The van der Waals surface area contributed by atoms with Crippen LogP contribution in [0.1, 0.15) is 38.8 Å². The third kappa shape index (κ3) is 3.83. The molecule has 0 bridgehead atoms. The number of rotatable bonds is 8. The van der Waals surface area contributed by atoms with Crippen LogP contribution in [0.4, 0.5) is 0 Å². The zero-order valence-electron chi connectivity index (χ0n) is 15.5. The minimum atomic E-state index is -0.775. The van der Waals surface area contributed by atoms with Crippen molar-refractivity contribution in [3.8, 4) is 11.5 Å². The molecule has 0 fully saturated rings. The van der Waals surface area contributed by atoms with Gasteiger partial charge in [-0.1, -0.05) is 13.0 Å². The van der Waals surface area contributed by atoms with Crippen molar-refractivity contribution in [1.29, 1.82) is 0 Å². The van der Waals surface area contributed by atoms with E-state index in [2.05, 4.69) is 0 Å². The number of methoxy groups -OCH3 is 1. The lowest BCUT2D eigenvalue weighted by molar-refractivity contribution is -0.130. The third-order valence-electron chi connectivity index (χ3n) is 4.23. The number of carbonyl (C=O) groups excluding carboxylic acids is 2. The predicted octanol–water partition coefficient (Wildman–Crippen LogP) is 2.50. The molecule has 1 aromatic rings. The van der Waals surface area contributed by atoms with Gasteiger partial charge in [-0.2, -0.15) is 0 Å². The number of amides is 1. The Labute approximate surface area is 152 Å². The minimum Gasteiger partial charge on any atom is -0.504 e. The van der Waals surface area contributed by atoms with Crippen LogP contribution >= 0.6 is 0 Å². The van der Waals surface area contributed by atoms with Crippen molar-refractivity contribution >= 4 is 11.7 Å². The molecule has 0 aliphatic carbocycles. The van der Waals surface area contributed by atoms with Crippen LogP contribution in [-0.2, 0) is 14.3 Å². The number of phenolic OH excluding ortho intramolecular Hbond substituents is 1. The number of aliphatic hydroxyl groups is 1. The fourth-order valence-corrected chi connectivity index (χ4v) is 2.97. The second kappa shape index (κ2) is 8.23. The van der Waals surface area contributed by atoms with Crippen molar-refractivity contribution in [3.63, 3.8) is 0 Å². The summed E-state index contributed by atoms with van der Waals surface area (Å²) in [6, 6.07) is 3.88. The fourth-order valence-electron chi connectivity index (χ4n) is 2.97. The first kappa shape index (κ1) is 19.8. The maximum atomic E-state index is 12.5. The SMILES string of the molecule is CCC(=O)C1=C(O)C(=O)N(CCOC(C)C)C1c1ccc(OC)c(O)c1. The smallest absolute Gasteiger partial charge is 0.290 e. The predicted molar refractivity (Wildman–Crippen MR) is 95.2 cm³/mol. The number of aromatic hydroxyl groups is 1. The summed E-state index contributed by atoms with van der Waals surface area (Å²) in [4.78, 5) is 26.3.